The van der Waals surface area contributed by atoms with Gasteiger partial charge in [0, 0.05) is 24.2 Å². The molecular formula is C23H25N5O6S. The summed E-state index contributed by atoms with van der Waals surface area (Å²) in [6.45, 7) is 2.21. The fourth-order valence-corrected chi connectivity index (χ4v) is 4.33. The van der Waals surface area contributed by atoms with Crippen molar-refractivity contribution in [1.29, 1.82) is 0 Å². The molecule has 0 unspecified atom stereocenters. The van der Waals surface area contributed by atoms with Crippen LogP contribution in [0.2, 0.25) is 0 Å². The predicted molar refractivity (Wildman–Crippen MR) is 129 cm³/mol. The molecule has 3 heterocycles. The number of anilines is 2. The fraction of sp³-hybridized carbons (Fsp3) is 0.304. The highest BCUT2D eigenvalue weighted by atomic mass is 32.2. The van der Waals surface area contributed by atoms with Gasteiger partial charge in [-0.05, 0) is 36.8 Å². The maximum Gasteiger partial charge on any atom is 0.419 e. The van der Waals surface area contributed by atoms with Crippen LogP contribution in [0.15, 0.2) is 55.1 Å². The molecule has 1 atom stereocenters. The zero-order valence-corrected chi connectivity index (χ0v) is 20.3. The first-order chi connectivity index (χ1) is 16.7. The van der Waals surface area contributed by atoms with Crippen molar-refractivity contribution in [3.05, 3.63) is 55.1 Å². The smallest absolute Gasteiger partial charge is 0.419 e. The van der Waals surface area contributed by atoms with Gasteiger partial charge >= 0.3 is 12.2 Å². The Balaban J connectivity index is 1.69. The Bertz CT molecular complexity index is 1340. The summed E-state index contributed by atoms with van der Waals surface area (Å²) in [5.74, 6) is 0.267. The first-order valence-electron chi connectivity index (χ1n) is 10.8. The van der Waals surface area contributed by atoms with Gasteiger partial charge in [0.05, 0.1) is 55.8 Å². The van der Waals surface area contributed by atoms with Gasteiger partial charge in [-0.25, -0.2) is 18.0 Å². The van der Waals surface area contributed by atoms with Gasteiger partial charge in [-0.1, -0.05) is 6.07 Å². The van der Waals surface area contributed by atoms with Crippen LogP contribution in [0.3, 0.4) is 0 Å². The number of hydrogen-bond donors (Lipinski definition) is 0. The number of amides is 2. The van der Waals surface area contributed by atoms with Gasteiger partial charge in [-0.15, -0.1) is 0 Å². The summed E-state index contributed by atoms with van der Waals surface area (Å²) < 4.78 is 35.0. The van der Waals surface area contributed by atoms with E-state index in [2.05, 4.69) is 10.1 Å². The molecule has 184 valence electrons. The number of pyridine rings is 1. The summed E-state index contributed by atoms with van der Waals surface area (Å²) in [5.41, 5.74) is 2.41. The van der Waals surface area contributed by atoms with Gasteiger partial charge in [0.15, 0.2) is 5.75 Å². The van der Waals surface area contributed by atoms with E-state index < -0.39 is 22.0 Å². The molecule has 0 spiro atoms. The van der Waals surface area contributed by atoms with E-state index >= 15 is 0 Å². The molecule has 2 aromatic heterocycles. The molecule has 2 amide bonds. The minimum absolute atomic E-state index is 0.0295. The molecule has 4 rings (SSSR count). The molecule has 11 nitrogen and oxygen atoms in total. The van der Waals surface area contributed by atoms with E-state index in [1.165, 1.54) is 29.4 Å². The standard InChI is InChI=1S/C23H25N5O6S/c1-16-14-27(22(29)34-19-5-4-8-24-13-19)21-11-17(6-7-20(21)28(16)23(30)33-2)18-12-25-26(15-18)9-10-35(3,31)32/h4-8,11-13,15-16H,9-10,14H2,1-3H3/t16-/m0/s1. The Labute approximate surface area is 202 Å². The SMILES string of the molecule is COC(=O)N1c2ccc(-c3cnn(CCS(C)(=O)=O)c3)cc2N(C(=O)Oc2cccnc2)C[C@@H]1C. The molecule has 0 aliphatic carbocycles. The molecule has 1 aromatic carbocycles. The molecule has 1 aliphatic rings. The van der Waals surface area contributed by atoms with Crippen LogP contribution in [0, 0.1) is 0 Å². The number of fused-ring (bicyclic) bond motifs is 1. The lowest BCUT2D eigenvalue weighted by Crippen LogP contribution is -2.52. The number of benzene rings is 1. The lowest BCUT2D eigenvalue weighted by atomic mass is 10.0. The number of methoxy groups -OCH3 is 1. The van der Waals surface area contributed by atoms with E-state index in [0.29, 0.717) is 17.1 Å². The number of carbonyl (C=O) groups is 2. The maximum absolute atomic E-state index is 13.1. The summed E-state index contributed by atoms with van der Waals surface area (Å²) in [4.78, 5) is 32.6. The number of sulfone groups is 1. The molecule has 1 aliphatic heterocycles. The Morgan fingerprint density at radius 3 is 2.60 bits per heavy atom. The van der Waals surface area contributed by atoms with Crippen LogP contribution in [0.4, 0.5) is 21.0 Å². The number of rotatable bonds is 5. The fourth-order valence-electron chi connectivity index (χ4n) is 3.81. The molecule has 35 heavy (non-hydrogen) atoms. The average molecular weight is 500 g/mol. The van der Waals surface area contributed by atoms with Gasteiger partial charge in [0.25, 0.3) is 0 Å². The van der Waals surface area contributed by atoms with Crippen molar-refractivity contribution in [2.75, 3.05) is 35.5 Å². The highest BCUT2D eigenvalue weighted by molar-refractivity contribution is 7.90. The second-order valence-corrected chi connectivity index (χ2v) is 10.4. The summed E-state index contributed by atoms with van der Waals surface area (Å²) >= 11 is 0. The Hall–Kier alpha value is -3.93. The van der Waals surface area contributed by atoms with Crippen molar-refractivity contribution in [2.24, 2.45) is 0 Å². The highest BCUT2D eigenvalue weighted by Crippen LogP contribution is 2.39. The quantitative estimate of drug-likeness (QED) is 0.525. The third kappa shape index (κ3) is 5.43. The molecular weight excluding hydrogens is 474 g/mol. The third-order valence-corrected chi connectivity index (χ3v) is 6.43. The average Bonchev–Trinajstić information content (AvgIpc) is 3.31. The second-order valence-electron chi connectivity index (χ2n) is 8.18. The zero-order valence-electron chi connectivity index (χ0n) is 19.5. The van der Waals surface area contributed by atoms with Crippen molar-refractivity contribution in [3.8, 4) is 16.9 Å². The largest absolute Gasteiger partial charge is 0.452 e. The Kier molecular flexibility index (Phi) is 6.74. The number of aromatic nitrogens is 3. The highest BCUT2D eigenvalue weighted by Gasteiger charge is 2.36. The molecule has 0 saturated heterocycles. The predicted octanol–water partition coefficient (Wildman–Crippen LogP) is 2.97. The van der Waals surface area contributed by atoms with E-state index in [1.54, 1.807) is 53.6 Å². The van der Waals surface area contributed by atoms with E-state index in [-0.39, 0.29) is 24.9 Å². The first kappa shape index (κ1) is 24.2. The Morgan fingerprint density at radius 2 is 1.91 bits per heavy atom. The van der Waals surface area contributed by atoms with Crippen LogP contribution in [0.5, 0.6) is 5.75 Å². The summed E-state index contributed by atoms with van der Waals surface area (Å²) in [6.07, 6.45) is 6.38. The van der Waals surface area contributed by atoms with Crippen molar-refractivity contribution in [2.45, 2.75) is 19.5 Å². The number of ether oxygens (including phenoxy) is 2. The third-order valence-electron chi connectivity index (χ3n) is 5.50. The topological polar surface area (TPSA) is 124 Å². The van der Waals surface area contributed by atoms with E-state index in [1.807, 2.05) is 6.92 Å². The summed E-state index contributed by atoms with van der Waals surface area (Å²) in [7, 11) is -1.82. The van der Waals surface area contributed by atoms with Crippen LogP contribution in [-0.4, -0.2) is 67.1 Å². The van der Waals surface area contributed by atoms with Crippen LogP contribution in [0.25, 0.3) is 11.1 Å². The molecule has 0 radical (unpaired) electrons. The minimum Gasteiger partial charge on any atom is -0.452 e. The van der Waals surface area contributed by atoms with Crippen molar-refractivity contribution >= 4 is 33.4 Å². The number of hydrogen-bond acceptors (Lipinski definition) is 8. The van der Waals surface area contributed by atoms with E-state index in [9.17, 15) is 18.0 Å². The maximum atomic E-state index is 13.1. The monoisotopic (exact) mass is 499 g/mol. The molecule has 0 bridgehead atoms. The van der Waals surface area contributed by atoms with Crippen LogP contribution < -0.4 is 14.5 Å². The summed E-state index contributed by atoms with van der Waals surface area (Å²) in [5, 5.41) is 4.24. The number of carbonyl (C=O) groups excluding carboxylic acids is 2. The van der Waals surface area contributed by atoms with Crippen molar-refractivity contribution in [1.82, 2.24) is 14.8 Å². The van der Waals surface area contributed by atoms with Crippen molar-refractivity contribution in [3.63, 3.8) is 0 Å². The molecule has 12 heteroatoms. The van der Waals surface area contributed by atoms with Gasteiger partial charge in [-0.3, -0.25) is 19.5 Å². The first-order valence-corrected chi connectivity index (χ1v) is 12.8. The Morgan fingerprint density at radius 1 is 1.11 bits per heavy atom. The lowest BCUT2D eigenvalue weighted by Gasteiger charge is -2.39. The minimum atomic E-state index is -3.13. The number of aryl methyl sites for hydroxylation is 1. The van der Waals surface area contributed by atoms with Gasteiger partial charge in [0.1, 0.15) is 9.84 Å². The van der Waals surface area contributed by atoms with E-state index in [4.69, 9.17) is 9.47 Å². The van der Waals surface area contributed by atoms with Crippen LogP contribution >= 0.6 is 0 Å². The summed E-state index contributed by atoms with van der Waals surface area (Å²) in [6, 6.07) is 8.21. The number of nitrogens with zero attached hydrogens (tertiary/aromatic N) is 5. The second kappa shape index (κ2) is 9.74. The van der Waals surface area contributed by atoms with Crippen molar-refractivity contribution < 1.29 is 27.5 Å². The molecule has 0 saturated carbocycles. The van der Waals surface area contributed by atoms with Crippen LogP contribution in [-0.2, 0) is 21.1 Å². The molecule has 0 fully saturated rings. The lowest BCUT2D eigenvalue weighted by molar-refractivity contribution is 0.175. The van der Waals surface area contributed by atoms with Gasteiger partial charge < -0.3 is 9.47 Å². The van der Waals surface area contributed by atoms with Crippen LogP contribution in [0.1, 0.15) is 6.92 Å². The molecule has 0 N–H and O–H groups in total. The van der Waals surface area contributed by atoms with Gasteiger partial charge in [-0.2, -0.15) is 5.10 Å². The zero-order chi connectivity index (χ0) is 25.2. The van der Waals surface area contributed by atoms with Gasteiger partial charge in [0.2, 0.25) is 0 Å². The van der Waals surface area contributed by atoms with E-state index in [0.717, 1.165) is 11.1 Å². The normalized spacial score (nSPS) is 15.5. The molecule has 3 aromatic rings.